The highest BCUT2D eigenvalue weighted by molar-refractivity contribution is 5.92. The SMILES string of the molecule is COC(=O)c1cc(C(O)C(O)CO)ccc1O. The van der Waals surface area contributed by atoms with E-state index in [-0.39, 0.29) is 16.9 Å². The monoisotopic (exact) mass is 242 g/mol. The summed E-state index contributed by atoms with van der Waals surface area (Å²) in [5.41, 5.74) is 0.0824. The molecule has 0 aliphatic rings. The molecule has 2 atom stereocenters. The Morgan fingerprint density at radius 3 is 2.59 bits per heavy atom. The van der Waals surface area contributed by atoms with Crippen LogP contribution in [0.25, 0.3) is 0 Å². The maximum absolute atomic E-state index is 11.3. The first-order valence-corrected chi connectivity index (χ1v) is 4.89. The topological polar surface area (TPSA) is 107 Å². The molecular formula is C11H14O6. The first-order chi connectivity index (χ1) is 8.01. The Labute approximate surface area is 97.7 Å². The van der Waals surface area contributed by atoms with Crippen LogP contribution in [0.4, 0.5) is 0 Å². The number of aromatic hydroxyl groups is 1. The molecule has 1 rings (SSSR count). The molecule has 0 aromatic heterocycles. The third-order valence-corrected chi connectivity index (χ3v) is 2.32. The second-order valence-corrected chi connectivity index (χ2v) is 3.46. The normalized spacial score (nSPS) is 14.1. The molecule has 17 heavy (non-hydrogen) atoms. The molecule has 0 radical (unpaired) electrons. The van der Waals surface area contributed by atoms with Gasteiger partial charge < -0.3 is 25.2 Å². The van der Waals surface area contributed by atoms with Crippen molar-refractivity contribution in [3.8, 4) is 5.75 Å². The van der Waals surface area contributed by atoms with Crippen molar-refractivity contribution < 1.29 is 30.0 Å². The van der Waals surface area contributed by atoms with Crippen molar-refractivity contribution >= 4 is 5.97 Å². The second-order valence-electron chi connectivity index (χ2n) is 3.46. The summed E-state index contributed by atoms with van der Waals surface area (Å²) in [6, 6.07) is 3.74. The van der Waals surface area contributed by atoms with Crippen molar-refractivity contribution in [2.45, 2.75) is 12.2 Å². The van der Waals surface area contributed by atoms with Crippen molar-refractivity contribution in [1.82, 2.24) is 0 Å². The molecule has 0 spiro atoms. The molecule has 1 aromatic rings. The number of esters is 1. The number of methoxy groups -OCH3 is 1. The number of hydrogen-bond donors (Lipinski definition) is 4. The number of aliphatic hydroxyl groups is 3. The zero-order chi connectivity index (χ0) is 13.0. The maximum atomic E-state index is 11.3. The Hall–Kier alpha value is -1.63. The molecule has 6 heteroatoms. The first kappa shape index (κ1) is 13.4. The predicted octanol–water partition coefficient (Wildman–Crippen LogP) is -0.435. The molecule has 0 bridgehead atoms. The largest absolute Gasteiger partial charge is 0.507 e. The average Bonchev–Trinajstić information content (AvgIpc) is 2.36. The van der Waals surface area contributed by atoms with E-state index in [4.69, 9.17) is 5.11 Å². The van der Waals surface area contributed by atoms with Crippen molar-refractivity contribution in [1.29, 1.82) is 0 Å². The fourth-order valence-electron chi connectivity index (χ4n) is 1.33. The molecule has 0 heterocycles. The van der Waals surface area contributed by atoms with E-state index in [1.807, 2.05) is 0 Å². The molecule has 94 valence electrons. The van der Waals surface area contributed by atoms with Gasteiger partial charge in [-0.2, -0.15) is 0 Å². The van der Waals surface area contributed by atoms with Crippen molar-refractivity contribution in [3.05, 3.63) is 29.3 Å². The van der Waals surface area contributed by atoms with Gasteiger partial charge in [0.05, 0.1) is 13.7 Å². The van der Waals surface area contributed by atoms with Crippen LogP contribution in [0.1, 0.15) is 22.0 Å². The van der Waals surface area contributed by atoms with Gasteiger partial charge in [0, 0.05) is 0 Å². The van der Waals surface area contributed by atoms with Gasteiger partial charge in [0.2, 0.25) is 0 Å². The minimum absolute atomic E-state index is 0.116. The Kier molecular flexibility index (Phi) is 4.45. The van der Waals surface area contributed by atoms with Crippen LogP contribution < -0.4 is 0 Å². The smallest absolute Gasteiger partial charge is 0.341 e. The number of hydrogen-bond acceptors (Lipinski definition) is 6. The van der Waals surface area contributed by atoms with Gasteiger partial charge in [-0.1, -0.05) is 6.07 Å². The van der Waals surface area contributed by atoms with Crippen LogP contribution in [0, 0.1) is 0 Å². The van der Waals surface area contributed by atoms with Gasteiger partial charge >= 0.3 is 5.97 Å². The van der Waals surface area contributed by atoms with E-state index in [1.54, 1.807) is 0 Å². The summed E-state index contributed by atoms with van der Waals surface area (Å²) in [4.78, 5) is 11.3. The van der Waals surface area contributed by atoms with E-state index in [0.29, 0.717) is 0 Å². The van der Waals surface area contributed by atoms with Gasteiger partial charge in [-0.3, -0.25) is 0 Å². The third-order valence-electron chi connectivity index (χ3n) is 2.32. The van der Waals surface area contributed by atoms with E-state index < -0.39 is 24.8 Å². The lowest BCUT2D eigenvalue weighted by molar-refractivity contribution is -0.0153. The number of carbonyl (C=O) groups is 1. The molecule has 6 nitrogen and oxygen atoms in total. The second kappa shape index (κ2) is 5.62. The van der Waals surface area contributed by atoms with E-state index in [9.17, 15) is 20.1 Å². The van der Waals surface area contributed by atoms with Crippen LogP contribution in [0.15, 0.2) is 18.2 Å². The fraction of sp³-hybridized carbons (Fsp3) is 0.364. The number of ether oxygens (including phenoxy) is 1. The molecule has 0 aliphatic heterocycles. The minimum Gasteiger partial charge on any atom is -0.507 e. The van der Waals surface area contributed by atoms with Gasteiger partial charge in [0.25, 0.3) is 0 Å². The highest BCUT2D eigenvalue weighted by atomic mass is 16.5. The summed E-state index contributed by atoms with van der Waals surface area (Å²) < 4.78 is 4.45. The van der Waals surface area contributed by atoms with Gasteiger partial charge in [-0.05, 0) is 17.7 Å². The summed E-state index contributed by atoms with van der Waals surface area (Å²) in [6.07, 6.45) is -2.70. The summed E-state index contributed by atoms with van der Waals surface area (Å²) >= 11 is 0. The number of aliphatic hydroxyl groups excluding tert-OH is 3. The molecule has 0 saturated carbocycles. The lowest BCUT2D eigenvalue weighted by atomic mass is 10.0. The lowest BCUT2D eigenvalue weighted by Crippen LogP contribution is -2.22. The summed E-state index contributed by atoms with van der Waals surface area (Å²) in [5.74, 6) is -1.04. The third kappa shape index (κ3) is 2.94. The van der Waals surface area contributed by atoms with Crippen molar-refractivity contribution in [3.63, 3.8) is 0 Å². The number of phenols is 1. The van der Waals surface area contributed by atoms with Crippen LogP contribution >= 0.6 is 0 Å². The lowest BCUT2D eigenvalue weighted by Gasteiger charge is -2.16. The van der Waals surface area contributed by atoms with Gasteiger partial charge in [0.1, 0.15) is 23.5 Å². The van der Waals surface area contributed by atoms with E-state index in [2.05, 4.69) is 4.74 Å². The van der Waals surface area contributed by atoms with Crippen molar-refractivity contribution in [2.75, 3.05) is 13.7 Å². The van der Waals surface area contributed by atoms with Gasteiger partial charge in [-0.15, -0.1) is 0 Å². The standard InChI is InChI=1S/C11H14O6/c1-17-11(16)7-4-6(2-3-8(7)13)10(15)9(14)5-12/h2-4,9-10,12-15H,5H2,1H3. The van der Waals surface area contributed by atoms with E-state index in [0.717, 1.165) is 7.11 Å². The predicted molar refractivity (Wildman–Crippen MR) is 57.5 cm³/mol. The summed E-state index contributed by atoms with van der Waals surface area (Å²) in [6.45, 7) is -0.615. The molecule has 0 saturated heterocycles. The Morgan fingerprint density at radius 1 is 1.41 bits per heavy atom. The molecular weight excluding hydrogens is 228 g/mol. The average molecular weight is 242 g/mol. The highest BCUT2D eigenvalue weighted by Gasteiger charge is 2.20. The quantitative estimate of drug-likeness (QED) is 0.533. The number of phenolic OH excluding ortho intramolecular Hbond substituents is 1. The number of carbonyl (C=O) groups excluding carboxylic acids is 1. The van der Waals surface area contributed by atoms with Crippen LogP contribution in [-0.4, -0.2) is 46.2 Å². The molecule has 4 N–H and O–H groups in total. The van der Waals surface area contributed by atoms with Crippen LogP contribution in [0.5, 0.6) is 5.75 Å². The fourth-order valence-corrected chi connectivity index (χ4v) is 1.33. The summed E-state index contributed by atoms with van der Waals surface area (Å²) in [5, 5.41) is 37.0. The molecule has 0 amide bonds. The van der Waals surface area contributed by atoms with Crippen molar-refractivity contribution in [2.24, 2.45) is 0 Å². The highest BCUT2D eigenvalue weighted by Crippen LogP contribution is 2.24. The van der Waals surface area contributed by atoms with E-state index >= 15 is 0 Å². The zero-order valence-electron chi connectivity index (χ0n) is 9.20. The molecule has 2 unspecified atom stereocenters. The number of rotatable bonds is 4. The zero-order valence-corrected chi connectivity index (χ0v) is 9.20. The Balaban J connectivity index is 3.08. The minimum atomic E-state index is -1.36. The van der Waals surface area contributed by atoms with Gasteiger partial charge in [0.15, 0.2) is 0 Å². The number of benzene rings is 1. The van der Waals surface area contributed by atoms with Gasteiger partial charge in [-0.25, -0.2) is 4.79 Å². The van der Waals surface area contributed by atoms with Crippen LogP contribution in [0.2, 0.25) is 0 Å². The molecule has 1 aromatic carbocycles. The maximum Gasteiger partial charge on any atom is 0.341 e. The molecule has 0 aliphatic carbocycles. The Morgan fingerprint density at radius 2 is 2.06 bits per heavy atom. The van der Waals surface area contributed by atoms with Crippen LogP contribution in [0.3, 0.4) is 0 Å². The van der Waals surface area contributed by atoms with E-state index in [1.165, 1.54) is 18.2 Å². The molecule has 0 fully saturated rings. The van der Waals surface area contributed by atoms with Crippen LogP contribution in [-0.2, 0) is 4.74 Å². The Bertz CT molecular complexity index is 403. The first-order valence-electron chi connectivity index (χ1n) is 4.89. The summed E-state index contributed by atoms with van der Waals surface area (Å²) in [7, 11) is 1.16.